The standard InChI is InChI=1S/C16H20BrNS/c1-11-8-12(2)10-14(9-11)13(3)18-7-6-15-4-5-16(17)19-15/h4-5,8-10,13,18H,6-7H2,1-3H3. The fourth-order valence-corrected chi connectivity index (χ4v) is 3.76. The molecule has 1 nitrogen and oxygen atoms in total. The fourth-order valence-electron chi connectivity index (χ4n) is 2.28. The average Bonchev–Trinajstić information content (AvgIpc) is 2.73. The van der Waals surface area contributed by atoms with Gasteiger partial charge in [-0.25, -0.2) is 0 Å². The minimum absolute atomic E-state index is 0.405. The molecule has 0 aliphatic carbocycles. The molecule has 0 spiro atoms. The molecular formula is C16H20BrNS. The molecule has 0 saturated heterocycles. The van der Waals surface area contributed by atoms with Gasteiger partial charge in [0.15, 0.2) is 0 Å². The Balaban J connectivity index is 1.88. The van der Waals surface area contributed by atoms with E-state index in [0.29, 0.717) is 6.04 Å². The average molecular weight is 338 g/mol. The lowest BCUT2D eigenvalue weighted by Crippen LogP contribution is -2.21. The number of nitrogens with one attached hydrogen (secondary N) is 1. The Hall–Kier alpha value is -0.640. The van der Waals surface area contributed by atoms with E-state index in [1.165, 1.54) is 25.4 Å². The van der Waals surface area contributed by atoms with Gasteiger partial charge in [0, 0.05) is 17.5 Å². The van der Waals surface area contributed by atoms with Crippen LogP contribution in [0.25, 0.3) is 0 Å². The van der Waals surface area contributed by atoms with Crippen molar-refractivity contribution in [3.05, 3.63) is 55.7 Å². The molecule has 1 aromatic carbocycles. The summed E-state index contributed by atoms with van der Waals surface area (Å²) in [6, 6.07) is 11.5. The molecule has 2 aromatic rings. The molecule has 1 unspecified atom stereocenters. The van der Waals surface area contributed by atoms with E-state index >= 15 is 0 Å². The highest BCUT2D eigenvalue weighted by molar-refractivity contribution is 9.11. The van der Waals surface area contributed by atoms with E-state index in [1.807, 2.05) is 11.3 Å². The van der Waals surface area contributed by atoms with Gasteiger partial charge in [-0.2, -0.15) is 0 Å². The van der Waals surface area contributed by atoms with E-state index in [-0.39, 0.29) is 0 Å². The van der Waals surface area contributed by atoms with Crippen molar-refractivity contribution < 1.29 is 0 Å². The Labute approximate surface area is 128 Å². The first-order valence-corrected chi connectivity index (χ1v) is 8.21. The second kappa shape index (κ2) is 6.69. The molecule has 1 atom stereocenters. The van der Waals surface area contributed by atoms with Crippen LogP contribution >= 0.6 is 27.3 Å². The smallest absolute Gasteiger partial charge is 0.0701 e. The van der Waals surface area contributed by atoms with E-state index in [4.69, 9.17) is 0 Å². The Morgan fingerprint density at radius 1 is 1.16 bits per heavy atom. The molecule has 102 valence electrons. The quantitative estimate of drug-likeness (QED) is 0.807. The molecule has 0 bridgehead atoms. The van der Waals surface area contributed by atoms with Crippen LogP contribution in [-0.4, -0.2) is 6.54 Å². The van der Waals surface area contributed by atoms with Gasteiger partial charge < -0.3 is 5.32 Å². The summed E-state index contributed by atoms with van der Waals surface area (Å²) in [5, 5.41) is 3.60. The highest BCUT2D eigenvalue weighted by atomic mass is 79.9. The topological polar surface area (TPSA) is 12.0 Å². The molecule has 0 aliphatic heterocycles. The molecule has 0 saturated carbocycles. The monoisotopic (exact) mass is 337 g/mol. The van der Waals surface area contributed by atoms with Gasteiger partial charge in [0.1, 0.15) is 0 Å². The summed E-state index contributed by atoms with van der Waals surface area (Å²) in [7, 11) is 0. The van der Waals surface area contributed by atoms with Crippen molar-refractivity contribution in [3.8, 4) is 0 Å². The number of aryl methyl sites for hydroxylation is 2. The molecule has 1 N–H and O–H groups in total. The van der Waals surface area contributed by atoms with Crippen LogP contribution in [0.1, 0.15) is 34.5 Å². The summed E-state index contributed by atoms with van der Waals surface area (Å²) in [5.74, 6) is 0. The van der Waals surface area contributed by atoms with Crippen LogP contribution in [0.5, 0.6) is 0 Å². The zero-order valence-electron chi connectivity index (χ0n) is 11.7. The molecule has 1 aromatic heterocycles. The normalized spacial score (nSPS) is 12.6. The summed E-state index contributed by atoms with van der Waals surface area (Å²) in [6.07, 6.45) is 1.09. The molecule has 19 heavy (non-hydrogen) atoms. The van der Waals surface area contributed by atoms with Crippen LogP contribution < -0.4 is 5.32 Å². The molecule has 0 amide bonds. The van der Waals surface area contributed by atoms with Gasteiger partial charge in [-0.1, -0.05) is 29.3 Å². The van der Waals surface area contributed by atoms with Crippen molar-refractivity contribution in [1.29, 1.82) is 0 Å². The first-order chi connectivity index (χ1) is 9.04. The van der Waals surface area contributed by atoms with Crippen molar-refractivity contribution in [2.45, 2.75) is 33.2 Å². The van der Waals surface area contributed by atoms with Gasteiger partial charge >= 0.3 is 0 Å². The zero-order chi connectivity index (χ0) is 13.8. The lowest BCUT2D eigenvalue weighted by Gasteiger charge is -2.15. The molecule has 3 heteroatoms. The fraction of sp³-hybridized carbons (Fsp3) is 0.375. The lowest BCUT2D eigenvalue weighted by atomic mass is 10.0. The van der Waals surface area contributed by atoms with E-state index in [0.717, 1.165) is 13.0 Å². The summed E-state index contributed by atoms with van der Waals surface area (Å²) in [6.45, 7) is 7.57. The predicted octanol–water partition coefficient (Wildman–Crippen LogP) is 5.02. The number of benzene rings is 1. The Morgan fingerprint density at radius 3 is 2.42 bits per heavy atom. The summed E-state index contributed by atoms with van der Waals surface area (Å²) in [4.78, 5) is 1.42. The van der Waals surface area contributed by atoms with Gasteiger partial charge in [0.25, 0.3) is 0 Å². The van der Waals surface area contributed by atoms with E-state index < -0.39 is 0 Å². The number of rotatable bonds is 5. The Bertz CT molecular complexity index is 527. The zero-order valence-corrected chi connectivity index (χ0v) is 14.1. The second-order valence-corrected chi connectivity index (χ2v) is 7.60. The second-order valence-electron chi connectivity index (χ2n) is 5.05. The van der Waals surface area contributed by atoms with Crippen molar-refractivity contribution >= 4 is 27.3 Å². The number of thiophene rings is 1. The van der Waals surface area contributed by atoms with Crippen molar-refractivity contribution in [2.75, 3.05) is 6.54 Å². The van der Waals surface area contributed by atoms with Gasteiger partial charge in [-0.3, -0.25) is 0 Å². The molecule has 1 heterocycles. The maximum Gasteiger partial charge on any atom is 0.0701 e. The van der Waals surface area contributed by atoms with E-state index in [1.54, 1.807) is 0 Å². The van der Waals surface area contributed by atoms with Crippen LogP contribution in [0.2, 0.25) is 0 Å². The number of hydrogen-bond donors (Lipinski definition) is 1. The minimum atomic E-state index is 0.405. The first kappa shape index (κ1) is 14.8. The van der Waals surface area contributed by atoms with Crippen LogP contribution in [-0.2, 0) is 6.42 Å². The van der Waals surface area contributed by atoms with Gasteiger partial charge in [-0.05, 0) is 60.8 Å². The molecule has 0 radical (unpaired) electrons. The molecule has 2 rings (SSSR count). The van der Waals surface area contributed by atoms with Crippen LogP contribution in [0.4, 0.5) is 0 Å². The third kappa shape index (κ3) is 4.44. The van der Waals surface area contributed by atoms with Crippen molar-refractivity contribution in [2.24, 2.45) is 0 Å². The SMILES string of the molecule is Cc1cc(C)cc(C(C)NCCc2ccc(Br)s2)c1. The third-order valence-corrected chi connectivity index (χ3v) is 4.88. The lowest BCUT2D eigenvalue weighted by molar-refractivity contribution is 0.578. The summed E-state index contributed by atoms with van der Waals surface area (Å²) < 4.78 is 1.21. The number of hydrogen-bond acceptors (Lipinski definition) is 2. The van der Waals surface area contributed by atoms with E-state index in [9.17, 15) is 0 Å². The molecular weight excluding hydrogens is 318 g/mol. The Kier molecular flexibility index (Phi) is 5.20. The molecule has 0 aliphatic rings. The maximum absolute atomic E-state index is 3.60. The maximum atomic E-state index is 3.60. The molecule has 0 fully saturated rings. The van der Waals surface area contributed by atoms with E-state index in [2.05, 4.69) is 72.3 Å². The highest BCUT2D eigenvalue weighted by Crippen LogP contribution is 2.22. The largest absolute Gasteiger partial charge is 0.310 e. The van der Waals surface area contributed by atoms with Crippen molar-refractivity contribution in [3.63, 3.8) is 0 Å². The van der Waals surface area contributed by atoms with Crippen LogP contribution in [0.15, 0.2) is 34.1 Å². The van der Waals surface area contributed by atoms with Crippen LogP contribution in [0.3, 0.4) is 0 Å². The first-order valence-electron chi connectivity index (χ1n) is 6.60. The number of halogens is 1. The predicted molar refractivity (Wildman–Crippen MR) is 88.1 cm³/mol. The van der Waals surface area contributed by atoms with Gasteiger partial charge in [0.2, 0.25) is 0 Å². The third-order valence-electron chi connectivity index (χ3n) is 3.19. The Morgan fingerprint density at radius 2 is 1.84 bits per heavy atom. The summed E-state index contributed by atoms with van der Waals surface area (Å²) in [5.41, 5.74) is 4.06. The highest BCUT2D eigenvalue weighted by Gasteiger charge is 2.06. The minimum Gasteiger partial charge on any atom is -0.310 e. The van der Waals surface area contributed by atoms with Crippen molar-refractivity contribution in [1.82, 2.24) is 5.32 Å². The van der Waals surface area contributed by atoms with Gasteiger partial charge in [0.05, 0.1) is 3.79 Å². The van der Waals surface area contributed by atoms with Crippen LogP contribution in [0, 0.1) is 13.8 Å². The van der Waals surface area contributed by atoms with Gasteiger partial charge in [-0.15, -0.1) is 11.3 Å². The summed E-state index contributed by atoms with van der Waals surface area (Å²) >= 11 is 5.32.